The maximum Gasteiger partial charge on any atom is 0.236 e. The summed E-state index contributed by atoms with van der Waals surface area (Å²) in [6.07, 6.45) is 3.21. The van der Waals surface area contributed by atoms with Crippen molar-refractivity contribution in [2.24, 2.45) is 0 Å². The van der Waals surface area contributed by atoms with Crippen LogP contribution in [-0.2, 0) is 4.79 Å². The van der Waals surface area contributed by atoms with Crippen molar-refractivity contribution in [1.29, 1.82) is 0 Å². The molecule has 0 aliphatic carbocycles. The van der Waals surface area contributed by atoms with Gasteiger partial charge in [0.25, 0.3) is 0 Å². The molecule has 1 aliphatic heterocycles. The van der Waals surface area contributed by atoms with Gasteiger partial charge in [-0.25, -0.2) is 9.97 Å². The Morgan fingerprint density at radius 3 is 3.07 bits per heavy atom. The average Bonchev–Trinajstić information content (AvgIpc) is 2.23. The second kappa shape index (κ2) is 3.71. The molecule has 0 radical (unpaired) electrons. The van der Waals surface area contributed by atoms with E-state index in [1.165, 1.54) is 6.33 Å². The lowest BCUT2D eigenvalue weighted by atomic mass is 10.1. The molecule has 0 bridgehead atoms. The van der Waals surface area contributed by atoms with Crippen molar-refractivity contribution in [2.45, 2.75) is 19.0 Å². The summed E-state index contributed by atoms with van der Waals surface area (Å²) in [6, 6.07) is 1.77. The molecule has 0 spiro atoms. The summed E-state index contributed by atoms with van der Waals surface area (Å²) in [4.78, 5) is 19.1. The molecule has 1 aromatic heterocycles. The average molecular weight is 192 g/mol. The Bertz CT molecular complexity index is 327. The van der Waals surface area contributed by atoms with E-state index < -0.39 is 0 Å². The molecule has 14 heavy (non-hydrogen) atoms. The number of hydrogen-bond acceptors (Lipinski definition) is 4. The van der Waals surface area contributed by atoms with Crippen molar-refractivity contribution < 1.29 is 4.79 Å². The molecule has 2 rings (SSSR count). The second-order valence-corrected chi connectivity index (χ2v) is 3.32. The van der Waals surface area contributed by atoms with Crippen LogP contribution in [-0.4, -0.2) is 28.5 Å². The molecule has 2 N–H and O–H groups in total. The number of aromatic nitrogens is 2. The van der Waals surface area contributed by atoms with Crippen LogP contribution in [0.5, 0.6) is 0 Å². The number of rotatable bonds is 1. The van der Waals surface area contributed by atoms with Crippen molar-refractivity contribution in [2.75, 3.05) is 6.54 Å². The minimum absolute atomic E-state index is 0.0373. The number of amides is 1. The number of nitrogens with zero attached hydrogens (tertiary/aromatic N) is 2. The van der Waals surface area contributed by atoms with E-state index in [0.29, 0.717) is 6.54 Å². The fourth-order valence-corrected chi connectivity index (χ4v) is 1.49. The standard InChI is InChI=1S/C9H12N4O/c1-6-9(14)11-4-8(13-6)7-2-3-10-5-12-7/h2-3,5-6,8,13H,4H2,1H3,(H,11,14). The molecule has 1 saturated heterocycles. The highest BCUT2D eigenvalue weighted by molar-refractivity contribution is 5.82. The number of piperazine rings is 1. The Balaban J connectivity index is 2.11. The van der Waals surface area contributed by atoms with Crippen molar-refractivity contribution >= 4 is 5.91 Å². The smallest absolute Gasteiger partial charge is 0.236 e. The van der Waals surface area contributed by atoms with E-state index in [2.05, 4.69) is 20.6 Å². The molecular formula is C9H12N4O. The Morgan fingerprint density at radius 2 is 2.43 bits per heavy atom. The Labute approximate surface area is 82.0 Å². The molecule has 5 heteroatoms. The first-order valence-electron chi connectivity index (χ1n) is 4.57. The zero-order chi connectivity index (χ0) is 9.97. The van der Waals surface area contributed by atoms with Crippen LogP contribution in [0.2, 0.25) is 0 Å². The third kappa shape index (κ3) is 1.72. The van der Waals surface area contributed by atoms with Crippen LogP contribution >= 0.6 is 0 Å². The maximum absolute atomic E-state index is 11.2. The molecule has 0 saturated carbocycles. The van der Waals surface area contributed by atoms with E-state index in [1.807, 2.05) is 13.0 Å². The fraction of sp³-hybridized carbons (Fsp3) is 0.444. The molecule has 74 valence electrons. The lowest BCUT2D eigenvalue weighted by molar-refractivity contribution is -0.124. The van der Waals surface area contributed by atoms with E-state index in [4.69, 9.17) is 0 Å². The normalized spacial score (nSPS) is 27.1. The van der Waals surface area contributed by atoms with Crippen molar-refractivity contribution in [3.8, 4) is 0 Å². The predicted molar refractivity (Wildman–Crippen MR) is 50.4 cm³/mol. The Morgan fingerprint density at radius 1 is 1.57 bits per heavy atom. The predicted octanol–water partition coefficient (Wildman–Crippen LogP) is -0.374. The van der Waals surface area contributed by atoms with Gasteiger partial charge in [0.05, 0.1) is 17.8 Å². The quantitative estimate of drug-likeness (QED) is 0.637. The third-order valence-corrected chi connectivity index (χ3v) is 2.29. The van der Waals surface area contributed by atoms with Gasteiger partial charge >= 0.3 is 0 Å². The summed E-state index contributed by atoms with van der Waals surface area (Å²) in [5.41, 5.74) is 0.909. The lowest BCUT2D eigenvalue weighted by Crippen LogP contribution is -2.53. The zero-order valence-corrected chi connectivity index (χ0v) is 7.90. The molecule has 0 aromatic carbocycles. The molecule has 2 heterocycles. The van der Waals surface area contributed by atoms with Gasteiger partial charge in [-0.2, -0.15) is 0 Å². The van der Waals surface area contributed by atoms with Gasteiger partial charge in [-0.1, -0.05) is 0 Å². The third-order valence-electron chi connectivity index (χ3n) is 2.29. The maximum atomic E-state index is 11.2. The minimum Gasteiger partial charge on any atom is -0.353 e. The fourth-order valence-electron chi connectivity index (χ4n) is 1.49. The first-order chi connectivity index (χ1) is 6.77. The number of carbonyl (C=O) groups is 1. The van der Waals surface area contributed by atoms with Crippen LogP contribution in [0.4, 0.5) is 0 Å². The highest BCUT2D eigenvalue weighted by Gasteiger charge is 2.25. The van der Waals surface area contributed by atoms with Crippen molar-refractivity contribution in [3.05, 3.63) is 24.3 Å². The highest BCUT2D eigenvalue weighted by atomic mass is 16.2. The van der Waals surface area contributed by atoms with Crippen LogP contribution in [0.15, 0.2) is 18.6 Å². The summed E-state index contributed by atoms with van der Waals surface area (Å²) < 4.78 is 0. The largest absolute Gasteiger partial charge is 0.353 e. The van der Waals surface area contributed by atoms with E-state index in [9.17, 15) is 4.79 Å². The highest BCUT2D eigenvalue weighted by Crippen LogP contribution is 2.11. The first kappa shape index (κ1) is 9.08. The second-order valence-electron chi connectivity index (χ2n) is 3.32. The molecule has 1 amide bonds. The summed E-state index contributed by atoms with van der Waals surface area (Å²) in [6.45, 7) is 2.42. The summed E-state index contributed by atoms with van der Waals surface area (Å²) in [7, 11) is 0. The van der Waals surface area contributed by atoms with Crippen LogP contribution in [0.1, 0.15) is 18.7 Å². The summed E-state index contributed by atoms with van der Waals surface area (Å²) in [5.74, 6) is 0.0373. The van der Waals surface area contributed by atoms with Crippen molar-refractivity contribution in [1.82, 2.24) is 20.6 Å². The van der Waals surface area contributed by atoms with E-state index in [1.54, 1.807) is 6.20 Å². The van der Waals surface area contributed by atoms with E-state index in [-0.39, 0.29) is 18.0 Å². The molecule has 5 nitrogen and oxygen atoms in total. The SMILES string of the molecule is CC1NC(c2ccncn2)CNC1=O. The zero-order valence-electron chi connectivity index (χ0n) is 7.90. The lowest BCUT2D eigenvalue weighted by Gasteiger charge is -2.28. The van der Waals surface area contributed by atoms with Gasteiger partial charge in [-0.05, 0) is 13.0 Å². The minimum atomic E-state index is -0.163. The van der Waals surface area contributed by atoms with Gasteiger partial charge in [0.2, 0.25) is 5.91 Å². The topological polar surface area (TPSA) is 66.9 Å². The first-order valence-corrected chi connectivity index (χ1v) is 4.57. The Kier molecular flexibility index (Phi) is 2.41. The van der Waals surface area contributed by atoms with Gasteiger partial charge in [0.1, 0.15) is 6.33 Å². The van der Waals surface area contributed by atoms with Gasteiger partial charge in [0.15, 0.2) is 0 Å². The number of hydrogen-bond donors (Lipinski definition) is 2. The Hall–Kier alpha value is -1.49. The van der Waals surface area contributed by atoms with Gasteiger partial charge in [0, 0.05) is 12.7 Å². The van der Waals surface area contributed by atoms with Gasteiger partial charge in [-0.3, -0.25) is 10.1 Å². The molecule has 2 unspecified atom stereocenters. The molecule has 2 atom stereocenters. The summed E-state index contributed by atoms with van der Waals surface area (Å²) >= 11 is 0. The van der Waals surface area contributed by atoms with Crippen LogP contribution in [0, 0.1) is 0 Å². The number of nitrogens with one attached hydrogen (secondary N) is 2. The molecule has 1 fully saturated rings. The van der Waals surface area contributed by atoms with Crippen LogP contribution < -0.4 is 10.6 Å². The van der Waals surface area contributed by atoms with Gasteiger partial charge in [-0.15, -0.1) is 0 Å². The molecular weight excluding hydrogens is 180 g/mol. The number of carbonyl (C=O) groups excluding carboxylic acids is 1. The monoisotopic (exact) mass is 192 g/mol. The van der Waals surface area contributed by atoms with E-state index >= 15 is 0 Å². The van der Waals surface area contributed by atoms with E-state index in [0.717, 1.165) is 5.69 Å². The van der Waals surface area contributed by atoms with Gasteiger partial charge < -0.3 is 5.32 Å². The molecule has 1 aromatic rings. The van der Waals surface area contributed by atoms with Crippen LogP contribution in [0.25, 0.3) is 0 Å². The summed E-state index contributed by atoms with van der Waals surface area (Å²) in [5, 5.41) is 6.00. The van der Waals surface area contributed by atoms with Crippen molar-refractivity contribution in [3.63, 3.8) is 0 Å². The van der Waals surface area contributed by atoms with Crippen LogP contribution in [0.3, 0.4) is 0 Å². The molecule has 1 aliphatic rings.